The van der Waals surface area contributed by atoms with Gasteiger partial charge in [-0.15, -0.1) is 11.8 Å². The number of ether oxygens (including phenoxy) is 1. The Labute approximate surface area is 93.2 Å². The highest BCUT2D eigenvalue weighted by atomic mass is 32.2. The number of esters is 1. The average Bonchev–Trinajstić information content (AvgIpc) is 3.10. The third kappa shape index (κ3) is 2.72. The van der Waals surface area contributed by atoms with Crippen LogP contribution in [0.5, 0.6) is 0 Å². The van der Waals surface area contributed by atoms with Gasteiger partial charge < -0.3 is 4.74 Å². The number of pyridine rings is 1. The molecule has 1 atom stereocenters. The smallest absolute Gasteiger partial charge is 0.319 e. The van der Waals surface area contributed by atoms with E-state index in [4.69, 9.17) is 4.74 Å². The van der Waals surface area contributed by atoms with Crippen molar-refractivity contribution in [1.29, 1.82) is 0 Å². The second-order valence-corrected chi connectivity index (χ2v) is 4.80. The Balaban J connectivity index is 2.04. The van der Waals surface area contributed by atoms with Gasteiger partial charge in [-0.3, -0.25) is 9.78 Å². The third-order valence-corrected chi connectivity index (χ3v) is 3.77. The van der Waals surface area contributed by atoms with E-state index in [-0.39, 0.29) is 11.2 Å². The monoisotopic (exact) mass is 223 g/mol. The standard InChI is InChI=1S/C11H13NO2S/c1-14-11(13)10(8-2-3-8)15-9-4-6-12-7-5-9/h4-8,10H,2-3H2,1H3. The number of thioether (sulfide) groups is 1. The quantitative estimate of drug-likeness (QED) is 0.579. The molecule has 1 fully saturated rings. The molecule has 0 N–H and O–H groups in total. The highest BCUT2D eigenvalue weighted by Gasteiger charge is 2.37. The van der Waals surface area contributed by atoms with E-state index in [0.717, 1.165) is 17.7 Å². The molecule has 1 aliphatic rings. The molecule has 0 bridgehead atoms. The first kappa shape index (κ1) is 10.5. The summed E-state index contributed by atoms with van der Waals surface area (Å²) in [6, 6.07) is 3.84. The molecule has 15 heavy (non-hydrogen) atoms. The van der Waals surface area contributed by atoms with Crippen molar-refractivity contribution in [2.45, 2.75) is 23.0 Å². The fourth-order valence-electron chi connectivity index (χ4n) is 1.42. The predicted octanol–water partition coefficient (Wildman–Crippen LogP) is 2.13. The average molecular weight is 223 g/mol. The van der Waals surface area contributed by atoms with E-state index in [0.29, 0.717) is 5.92 Å². The first-order valence-electron chi connectivity index (χ1n) is 4.96. The van der Waals surface area contributed by atoms with Gasteiger partial charge in [0, 0.05) is 17.3 Å². The zero-order valence-electron chi connectivity index (χ0n) is 8.55. The highest BCUT2D eigenvalue weighted by Crippen LogP contribution is 2.42. The Bertz CT molecular complexity index is 338. The zero-order chi connectivity index (χ0) is 10.7. The molecule has 1 saturated carbocycles. The van der Waals surface area contributed by atoms with Crippen LogP contribution >= 0.6 is 11.8 Å². The van der Waals surface area contributed by atoms with Crippen LogP contribution in [-0.4, -0.2) is 23.3 Å². The molecule has 1 aromatic rings. The van der Waals surface area contributed by atoms with Crippen molar-refractivity contribution in [2.24, 2.45) is 5.92 Å². The highest BCUT2D eigenvalue weighted by molar-refractivity contribution is 8.00. The molecule has 0 saturated heterocycles. The molecule has 1 aromatic heterocycles. The van der Waals surface area contributed by atoms with E-state index in [1.54, 1.807) is 24.2 Å². The van der Waals surface area contributed by atoms with E-state index in [9.17, 15) is 4.79 Å². The summed E-state index contributed by atoms with van der Waals surface area (Å²) in [5.74, 6) is 0.384. The van der Waals surface area contributed by atoms with Crippen molar-refractivity contribution >= 4 is 17.7 Å². The van der Waals surface area contributed by atoms with Crippen LogP contribution in [0.25, 0.3) is 0 Å². The summed E-state index contributed by atoms with van der Waals surface area (Å²) < 4.78 is 4.81. The Morgan fingerprint density at radius 2 is 2.20 bits per heavy atom. The van der Waals surface area contributed by atoms with E-state index in [1.807, 2.05) is 12.1 Å². The minimum absolute atomic E-state index is 0.0441. The molecule has 0 aliphatic heterocycles. The number of carbonyl (C=O) groups is 1. The first-order chi connectivity index (χ1) is 7.31. The minimum atomic E-state index is -0.112. The Morgan fingerprint density at radius 3 is 2.73 bits per heavy atom. The third-order valence-electron chi connectivity index (χ3n) is 2.40. The maximum Gasteiger partial charge on any atom is 0.319 e. The molecule has 4 heteroatoms. The lowest BCUT2D eigenvalue weighted by molar-refractivity contribution is -0.140. The summed E-state index contributed by atoms with van der Waals surface area (Å²) in [6.45, 7) is 0. The van der Waals surface area contributed by atoms with E-state index < -0.39 is 0 Å². The second-order valence-electron chi connectivity index (χ2n) is 3.58. The Kier molecular flexibility index (Phi) is 3.26. The molecular weight excluding hydrogens is 210 g/mol. The molecule has 80 valence electrons. The lowest BCUT2D eigenvalue weighted by Gasteiger charge is -2.12. The number of rotatable bonds is 4. The molecule has 3 nitrogen and oxygen atoms in total. The number of methoxy groups -OCH3 is 1. The van der Waals surface area contributed by atoms with Crippen LogP contribution in [0.3, 0.4) is 0 Å². The number of hydrogen-bond acceptors (Lipinski definition) is 4. The van der Waals surface area contributed by atoms with Gasteiger partial charge in [-0.25, -0.2) is 0 Å². The van der Waals surface area contributed by atoms with Crippen LogP contribution in [0.4, 0.5) is 0 Å². The molecule has 0 amide bonds. The van der Waals surface area contributed by atoms with Crippen LogP contribution < -0.4 is 0 Å². The van der Waals surface area contributed by atoms with Crippen LogP contribution in [0.1, 0.15) is 12.8 Å². The van der Waals surface area contributed by atoms with E-state index in [1.165, 1.54) is 7.11 Å². The SMILES string of the molecule is COC(=O)C(Sc1ccncc1)C1CC1. The Hall–Kier alpha value is -1.03. The van der Waals surface area contributed by atoms with E-state index >= 15 is 0 Å². The van der Waals surface area contributed by atoms with Crippen LogP contribution in [-0.2, 0) is 9.53 Å². The van der Waals surface area contributed by atoms with Gasteiger partial charge in [-0.1, -0.05) is 0 Å². The van der Waals surface area contributed by atoms with Crippen molar-refractivity contribution < 1.29 is 9.53 Å². The van der Waals surface area contributed by atoms with Gasteiger partial charge in [0.25, 0.3) is 0 Å². The fourth-order valence-corrected chi connectivity index (χ4v) is 2.64. The summed E-state index contributed by atoms with van der Waals surface area (Å²) in [4.78, 5) is 16.6. The molecule has 1 heterocycles. The Morgan fingerprint density at radius 1 is 1.53 bits per heavy atom. The van der Waals surface area contributed by atoms with Gasteiger partial charge >= 0.3 is 5.97 Å². The molecule has 2 rings (SSSR count). The number of aromatic nitrogens is 1. The summed E-state index contributed by atoms with van der Waals surface area (Å²) in [6.07, 6.45) is 5.75. The van der Waals surface area contributed by atoms with Crippen molar-refractivity contribution in [3.63, 3.8) is 0 Å². The molecule has 1 unspecified atom stereocenters. The maximum absolute atomic E-state index is 11.5. The van der Waals surface area contributed by atoms with Crippen molar-refractivity contribution in [1.82, 2.24) is 4.98 Å². The second kappa shape index (κ2) is 4.66. The molecule has 0 aromatic carbocycles. The van der Waals surface area contributed by atoms with Crippen molar-refractivity contribution in [3.8, 4) is 0 Å². The number of hydrogen-bond donors (Lipinski definition) is 0. The van der Waals surface area contributed by atoms with Gasteiger partial charge in [-0.2, -0.15) is 0 Å². The molecule has 1 aliphatic carbocycles. The zero-order valence-corrected chi connectivity index (χ0v) is 9.37. The fraction of sp³-hybridized carbons (Fsp3) is 0.455. The van der Waals surface area contributed by atoms with Gasteiger partial charge in [0.2, 0.25) is 0 Å². The van der Waals surface area contributed by atoms with Crippen LogP contribution in [0, 0.1) is 5.92 Å². The summed E-state index contributed by atoms with van der Waals surface area (Å²) in [7, 11) is 1.45. The van der Waals surface area contributed by atoms with Gasteiger partial charge in [0.05, 0.1) is 7.11 Å². The van der Waals surface area contributed by atoms with Crippen molar-refractivity contribution in [2.75, 3.05) is 7.11 Å². The van der Waals surface area contributed by atoms with Crippen molar-refractivity contribution in [3.05, 3.63) is 24.5 Å². The lowest BCUT2D eigenvalue weighted by Crippen LogP contribution is -2.20. The first-order valence-corrected chi connectivity index (χ1v) is 5.83. The largest absolute Gasteiger partial charge is 0.468 e. The maximum atomic E-state index is 11.5. The van der Waals surface area contributed by atoms with Crippen LogP contribution in [0.15, 0.2) is 29.4 Å². The summed E-state index contributed by atoms with van der Waals surface area (Å²) in [5, 5.41) is -0.0441. The molecular formula is C11H13NO2S. The number of nitrogens with zero attached hydrogens (tertiary/aromatic N) is 1. The number of carbonyl (C=O) groups excluding carboxylic acids is 1. The topological polar surface area (TPSA) is 39.2 Å². The molecule has 0 spiro atoms. The summed E-state index contributed by atoms with van der Waals surface area (Å²) in [5.41, 5.74) is 0. The summed E-state index contributed by atoms with van der Waals surface area (Å²) >= 11 is 1.58. The van der Waals surface area contributed by atoms with Gasteiger partial charge in [0.1, 0.15) is 5.25 Å². The predicted molar refractivity (Wildman–Crippen MR) is 58.6 cm³/mol. The lowest BCUT2D eigenvalue weighted by atomic mass is 10.3. The van der Waals surface area contributed by atoms with Gasteiger partial charge in [-0.05, 0) is 30.9 Å². The minimum Gasteiger partial charge on any atom is -0.468 e. The molecule has 0 radical (unpaired) electrons. The van der Waals surface area contributed by atoms with E-state index in [2.05, 4.69) is 4.98 Å². The van der Waals surface area contributed by atoms with Gasteiger partial charge in [0.15, 0.2) is 0 Å². The normalized spacial score (nSPS) is 17.1. The van der Waals surface area contributed by atoms with Crippen LogP contribution in [0.2, 0.25) is 0 Å².